The molecule has 1 atom stereocenters. The van der Waals surface area contributed by atoms with Gasteiger partial charge in [-0.1, -0.05) is 49.7 Å². The first-order valence-electron chi connectivity index (χ1n) is 7.73. The van der Waals surface area contributed by atoms with E-state index in [-0.39, 0.29) is 11.9 Å². The Morgan fingerprint density at radius 2 is 1.81 bits per heavy atom. The van der Waals surface area contributed by atoms with Crippen LogP contribution in [0.25, 0.3) is 0 Å². The first-order chi connectivity index (χ1) is 10.2. The van der Waals surface area contributed by atoms with Crippen LogP contribution in [-0.2, 0) is 12.8 Å². The molecule has 0 aliphatic rings. The first kappa shape index (κ1) is 15.7. The summed E-state index contributed by atoms with van der Waals surface area (Å²) in [6, 6.07) is 15.8. The highest BCUT2D eigenvalue weighted by molar-refractivity contribution is 5.27. The largest absolute Gasteiger partial charge is 0.313 e. The van der Waals surface area contributed by atoms with Gasteiger partial charge in [-0.05, 0) is 55.1 Å². The molecule has 1 nitrogen and oxygen atoms in total. The quantitative estimate of drug-likeness (QED) is 0.779. The number of aryl methyl sites for hydroxylation is 1. The third kappa shape index (κ3) is 4.68. The standard InChI is InChI=1S/C19H24FN/c1-3-4-6-15-9-11-17(12-10-15)19(21-2)14-16-7-5-8-18(20)13-16/h5,7-13,19,21H,3-4,6,14H2,1-2H3. The lowest BCUT2D eigenvalue weighted by molar-refractivity contribution is 0.584. The second-order valence-electron chi connectivity index (χ2n) is 5.52. The lowest BCUT2D eigenvalue weighted by Gasteiger charge is -2.17. The number of hydrogen-bond donors (Lipinski definition) is 1. The highest BCUT2D eigenvalue weighted by Crippen LogP contribution is 2.20. The maximum atomic E-state index is 13.3. The van der Waals surface area contributed by atoms with Crippen LogP contribution in [0.2, 0.25) is 0 Å². The van der Waals surface area contributed by atoms with Crippen molar-refractivity contribution in [3.63, 3.8) is 0 Å². The third-order valence-corrected chi connectivity index (χ3v) is 3.88. The van der Waals surface area contributed by atoms with Gasteiger partial charge >= 0.3 is 0 Å². The molecule has 0 aromatic heterocycles. The van der Waals surface area contributed by atoms with E-state index >= 15 is 0 Å². The highest BCUT2D eigenvalue weighted by atomic mass is 19.1. The SMILES string of the molecule is CCCCc1ccc(C(Cc2cccc(F)c2)NC)cc1. The zero-order valence-electron chi connectivity index (χ0n) is 12.9. The second-order valence-corrected chi connectivity index (χ2v) is 5.52. The summed E-state index contributed by atoms with van der Waals surface area (Å²) in [4.78, 5) is 0. The van der Waals surface area contributed by atoms with Gasteiger partial charge in [0.2, 0.25) is 0 Å². The maximum absolute atomic E-state index is 13.3. The minimum Gasteiger partial charge on any atom is -0.313 e. The molecule has 0 saturated carbocycles. The molecule has 0 radical (unpaired) electrons. The average Bonchev–Trinajstić information content (AvgIpc) is 2.51. The van der Waals surface area contributed by atoms with Crippen LogP contribution in [0.4, 0.5) is 4.39 Å². The summed E-state index contributed by atoms with van der Waals surface area (Å²) in [5, 5.41) is 3.33. The summed E-state index contributed by atoms with van der Waals surface area (Å²) in [6.07, 6.45) is 4.39. The molecule has 2 aromatic carbocycles. The number of hydrogen-bond acceptors (Lipinski definition) is 1. The molecule has 0 heterocycles. The molecule has 112 valence electrons. The van der Waals surface area contributed by atoms with Crippen molar-refractivity contribution in [2.75, 3.05) is 7.05 Å². The number of benzene rings is 2. The van der Waals surface area contributed by atoms with Crippen LogP contribution >= 0.6 is 0 Å². The fourth-order valence-electron chi connectivity index (χ4n) is 2.58. The molecule has 2 rings (SSSR count). The van der Waals surface area contributed by atoms with Gasteiger partial charge < -0.3 is 5.32 Å². The Bertz CT molecular complexity index is 548. The van der Waals surface area contributed by atoms with Gasteiger partial charge in [-0.2, -0.15) is 0 Å². The van der Waals surface area contributed by atoms with Crippen molar-refractivity contribution in [2.24, 2.45) is 0 Å². The summed E-state index contributed by atoms with van der Waals surface area (Å²) >= 11 is 0. The van der Waals surface area contributed by atoms with Crippen LogP contribution < -0.4 is 5.32 Å². The molecule has 0 bridgehead atoms. The van der Waals surface area contributed by atoms with Gasteiger partial charge in [-0.3, -0.25) is 0 Å². The van der Waals surface area contributed by atoms with Crippen molar-refractivity contribution in [3.8, 4) is 0 Å². The molecule has 2 heteroatoms. The third-order valence-electron chi connectivity index (χ3n) is 3.88. The zero-order valence-corrected chi connectivity index (χ0v) is 12.9. The van der Waals surface area contributed by atoms with E-state index in [2.05, 4.69) is 36.5 Å². The second kappa shape index (κ2) is 7.94. The van der Waals surface area contributed by atoms with E-state index in [9.17, 15) is 4.39 Å². The average molecular weight is 285 g/mol. The smallest absolute Gasteiger partial charge is 0.123 e. The molecule has 1 unspecified atom stereocenters. The Kier molecular flexibility index (Phi) is 5.94. The Balaban J connectivity index is 2.06. The van der Waals surface area contributed by atoms with E-state index in [1.54, 1.807) is 12.1 Å². The fraction of sp³-hybridized carbons (Fsp3) is 0.368. The van der Waals surface area contributed by atoms with Crippen molar-refractivity contribution in [1.82, 2.24) is 5.32 Å². The number of likely N-dealkylation sites (N-methyl/N-ethyl adjacent to an activating group) is 1. The summed E-state index contributed by atoms with van der Waals surface area (Å²) in [6.45, 7) is 2.21. The molecule has 21 heavy (non-hydrogen) atoms. The summed E-state index contributed by atoms with van der Waals surface area (Å²) in [5.41, 5.74) is 3.66. The van der Waals surface area contributed by atoms with Gasteiger partial charge in [0, 0.05) is 6.04 Å². The molecule has 0 spiro atoms. The lowest BCUT2D eigenvalue weighted by atomic mass is 9.97. The summed E-state index contributed by atoms with van der Waals surface area (Å²) < 4.78 is 13.3. The van der Waals surface area contributed by atoms with Gasteiger partial charge in [-0.25, -0.2) is 4.39 Å². The van der Waals surface area contributed by atoms with Crippen LogP contribution in [0.3, 0.4) is 0 Å². The van der Waals surface area contributed by atoms with Gasteiger partial charge in [0.05, 0.1) is 0 Å². The van der Waals surface area contributed by atoms with Crippen LogP contribution in [0.15, 0.2) is 48.5 Å². The van der Waals surface area contributed by atoms with E-state index in [0.29, 0.717) is 0 Å². The van der Waals surface area contributed by atoms with Crippen molar-refractivity contribution in [3.05, 3.63) is 71.0 Å². The Morgan fingerprint density at radius 1 is 1.05 bits per heavy atom. The van der Waals surface area contributed by atoms with Crippen molar-refractivity contribution >= 4 is 0 Å². The maximum Gasteiger partial charge on any atom is 0.123 e. The number of rotatable bonds is 7. The Hall–Kier alpha value is -1.67. The van der Waals surface area contributed by atoms with Crippen molar-refractivity contribution < 1.29 is 4.39 Å². The predicted octanol–water partition coefficient (Wildman–Crippen LogP) is 4.67. The topological polar surface area (TPSA) is 12.0 Å². The van der Waals surface area contributed by atoms with Gasteiger partial charge in [0.25, 0.3) is 0 Å². The van der Waals surface area contributed by atoms with E-state index in [0.717, 1.165) is 18.4 Å². The van der Waals surface area contributed by atoms with Crippen LogP contribution in [-0.4, -0.2) is 7.05 Å². The monoisotopic (exact) mass is 285 g/mol. The van der Waals surface area contributed by atoms with Gasteiger partial charge in [-0.15, -0.1) is 0 Å². The van der Waals surface area contributed by atoms with E-state index in [4.69, 9.17) is 0 Å². The van der Waals surface area contributed by atoms with Crippen LogP contribution in [0.5, 0.6) is 0 Å². The number of halogens is 1. The molecule has 2 aromatic rings. The van der Waals surface area contributed by atoms with E-state index in [1.165, 1.54) is 30.0 Å². The minimum absolute atomic E-state index is 0.169. The number of unbranched alkanes of at least 4 members (excludes halogenated alkanes) is 1. The van der Waals surface area contributed by atoms with E-state index in [1.807, 2.05) is 13.1 Å². The summed E-state index contributed by atoms with van der Waals surface area (Å²) in [5.74, 6) is -0.169. The van der Waals surface area contributed by atoms with E-state index < -0.39 is 0 Å². The number of nitrogens with one attached hydrogen (secondary N) is 1. The normalized spacial score (nSPS) is 12.3. The van der Waals surface area contributed by atoms with Crippen LogP contribution in [0, 0.1) is 5.82 Å². The zero-order chi connectivity index (χ0) is 15.1. The minimum atomic E-state index is -0.169. The molecule has 1 N–H and O–H groups in total. The van der Waals surface area contributed by atoms with Gasteiger partial charge in [0.15, 0.2) is 0 Å². The molecule has 0 saturated heterocycles. The van der Waals surface area contributed by atoms with Crippen LogP contribution in [0.1, 0.15) is 42.5 Å². The Morgan fingerprint density at radius 3 is 2.43 bits per heavy atom. The van der Waals surface area contributed by atoms with Crippen molar-refractivity contribution in [2.45, 2.75) is 38.6 Å². The Labute approximate surface area is 127 Å². The molecule has 0 amide bonds. The first-order valence-corrected chi connectivity index (χ1v) is 7.73. The predicted molar refractivity (Wildman–Crippen MR) is 87.0 cm³/mol. The van der Waals surface area contributed by atoms with Crippen molar-refractivity contribution in [1.29, 1.82) is 0 Å². The molecule has 0 fully saturated rings. The molecule has 0 aliphatic carbocycles. The highest BCUT2D eigenvalue weighted by Gasteiger charge is 2.10. The molecule has 0 aliphatic heterocycles. The lowest BCUT2D eigenvalue weighted by Crippen LogP contribution is -2.18. The summed E-state index contributed by atoms with van der Waals surface area (Å²) in [7, 11) is 1.95. The molecular formula is C19H24FN. The van der Waals surface area contributed by atoms with Gasteiger partial charge in [0.1, 0.15) is 5.82 Å². The molecular weight excluding hydrogens is 261 g/mol. The fourth-order valence-corrected chi connectivity index (χ4v) is 2.58.